The van der Waals surface area contributed by atoms with Gasteiger partial charge < -0.3 is 14.6 Å². The number of sulfone groups is 1. The molecular formula is C24H19ClN2O5S. The van der Waals surface area contributed by atoms with Gasteiger partial charge in [0.1, 0.15) is 17.2 Å². The Morgan fingerprint density at radius 1 is 1.03 bits per heavy atom. The predicted molar refractivity (Wildman–Crippen MR) is 127 cm³/mol. The number of rotatable bonds is 6. The van der Waals surface area contributed by atoms with Crippen molar-refractivity contribution in [3.8, 4) is 5.75 Å². The fraction of sp³-hybridized carbons (Fsp3) is 0.0833. The summed E-state index contributed by atoms with van der Waals surface area (Å²) in [7, 11) is -2.67. The van der Waals surface area contributed by atoms with E-state index in [2.05, 4.69) is 5.32 Å². The van der Waals surface area contributed by atoms with Crippen molar-refractivity contribution >= 4 is 43.9 Å². The molecule has 0 fully saturated rings. The van der Waals surface area contributed by atoms with Crippen molar-refractivity contribution in [2.75, 3.05) is 12.4 Å². The number of methoxy groups -OCH3 is 1. The quantitative estimate of drug-likeness (QED) is 0.446. The molecule has 7 nitrogen and oxygen atoms in total. The number of ether oxygens (including phenoxy) is 1. The number of aromatic nitrogens is 1. The van der Waals surface area contributed by atoms with E-state index < -0.39 is 26.1 Å². The highest BCUT2D eigenvalue weighted by Gasteiger charge is 2.24. The number of halogens is 1. The van der Waals surface area contributed by atoms with Crippen LogP contribution in [0.2, 0.25) is 5.02 Å². The minimum Gasteiger partial charge on any atom is -0.497 e. The number of nitrogens with zero attached hydrogens (tertiary/aromatic N) is 1. The summed E-state index contributed by atoms with van der Waals surface area (Å²) in [6.07, 6.45) is 1.21. The van der Waals surface area contributed by atoms with Crippen LogP contribution in [-0.2, 0) is 21.2 Å². The minimum absolute atomic E-state index is 0.0125. The molecule has 9 heteroatoms. The third-order valence-corrected chi connectivity index (χ3v) is 7.05. The van der Waals surface area contributed by atoms with E-state index in [0.29, 0.717) is 22.0 Å². The Balaban J connectivity index is 1.83. The molecule has 1 N–H and O–H groups in total. The van der Waals surface area contributed by atoms with Crippen molar-refractivity contribution in [3.05, 3.63) is 94.2 Å². The van der Waals surface area contributed by atoms with Crippen molar-refractivity contribution in [3.63, 3.8) is 0 Å². The van der Waals surface area contributed by atoms with Crippen LogP contribution in [0.25, 0.3) is 10.9 Å². The van der Waals surface area contributed by atoms with Gasteiger partial charge in [-0.05, 0) is 54.6 Å². The average molecular weight is 483 g/mol. The number of pyridine rings is 1. The molecule has 0 atom stereocenters. The summed E-state index contributed by atoms with van der Waals surface area (Å²) in [5.74, 6) is -0.00725. The lowest BCUT2D eigenvalue weighted by atomic mass is 10.2. The zero-order chi connectivity index (χ0) is 23.6. The fourth-order valence-electron chi connectivity index (χ4n) is 3.41. The van der Waals surface area contributed by atoms with Crippen LogP contribution in [0.4, 0.5) is 5.69 Å². The topological polar surface area (TPSA) is 94.5 Å². The van der Waals surface area contributed by atoms with Crippen molar-refractivity contribution < 1.29 is 17.9 Å². The maximum absolute atomic E-state index is 13.3. The Morgan fingerprint density at radius 3 is 2.39 bits per heavy atom. The molecule has 0 aliphatic rings. The molecule has 3 aromatic carbocycles. The summed E-state index contributed by atoms with van der Waals surface area (Å²) in [6, 6.07) is 19.0. The molecule has 4 aromatic rings. The lowest BCUT2D eigenvalue weighted by Crippen LogP contribution is -2.24. The van der Waals surface area contributed by atoms with Gasteiger partial charge in [0.2, 0.25) is 21.2 Å². The zero-order valence-corrected chi connectivity index (χ0v) is 19.1. The van der Waals surface area contributed by atoms with Gasteiger partial charge in [0.15, 0.2) is 0 Å². The number of benzene rings is 3. The Labute approximate surface area is 195 Å². The molecule has 0 bridgehead atoms. The number of amides is 1. The van der Waals surface area contributed by atoms with Crippen LogP contribution < -0.4 is 15.5 Å². The highest BCUT2D eigenvalue weighted by molar-refractivity contribution is 7.91. The van der Waals surface area contributed by atoms with Crippen LogP contribution in [0.5, 0.6) is 5.75 Å². The predicted octanol–water partition coefficient (Wildman–Crippen LogP) is 4.14. The first-order valence-corrected chi connectivity index (χ1v) is 11.7. The van der Waals surface area contributed by atoms with Crippen LogP contribution >= 0.6 is 11.6 Å². The minimum atomic E-state index is -4.12. The van der Waals surface area contributed by atoms with E-state index in [-0.39, 0.29) is 16.8 Å². The Bertz CT molecular complexity index is 1500. The Kier molecular flexibility index (Phi) is 6.22. The van der Waals surface area contributed by atoms with Crippen molar-refractivity contribution in [1.82, 2.24) is 4.57 Å². The van der Waals surface area contributed by atoms with Crippen LogP contribution in [0.3, 0.4) is 0 Å². The smallest absolute Gasteiger partial charge is 0.244 e. The van der Waals surface area contributed by atoms with Gasteiger partial charge >= 0.3 is 0 Å². The van der Waals surface area contributed by atoms with Gasteiger partial charge in [0, 0.05) is 16.9 Å². The zero-order valence-electron chi connectivity index (χ0n) is 17.5. The number of fused-ring (bicyclic) bond motifs is 1. The van der Waals surface area contributed by atoms with Crippen LogP contribution in [-0.4, -0.2) is 26.0 Å². The van der Waals surface area contributed by atoms with Crippen molar-refractivity contribution in [2.24, 2.45) is 0 Å². The van der Waals surface area contributed by atoms with E-state index in [1.807, 2.05) is 0 Å². The molecule has 33 heavy (non-hydrogen) atoms. The lowest BCUT2D eigenvalue weighted by molar-refractivity contribution is -0.116. The molecule has 0 unspecified atom stereocenters. The molecular weight excluding hydrogens is 464 g/mol. The fourth-order valence-corrected chi connectivity index (χ4v) is 4.93. The molecule has 0 radical (unpaired) electrons. The third kappa shape index (κ3) is 4.62. The molecule has 1 aromatic heterocycles. The summed E-state index contributed by atoms with van der Waals surface area (Å²) in [5, 5.41) is 3.40. The second kappa shape index (κ2) is 9.09. The van der Waals surface area contributed by atoms with E-state index in [9.17, 15) is 18.0 Å². The summed E-state index contributed by atoms with van der Waals surface area (Å²) in [6.45, 7) is -0.219. The lowest BCUT2D eigenvalue weighted by Gasteiger charge is -2.15. The molecule has 4 rings (SSSR count). The SMILES string of the molecule is COc1ccc2c(c1)c(=O)c(S(=O)(=O)c1ccccc1)cn2CC(=O)Nc1ccc(Cl)cc1. The van der Waals surface area contributed by atoms with Gasteiger partial charge in [0.25, 0.3) is 0 Å². The van der Waals surface area contributed by atoms with Gasteiger partial charge in [-0.2, -0.15) is 0 Å². The largest absolute Gasteiger partial charge is 0.497 e. The monoisotopic (exact) mass is 482 g/mol. The molecule has 0 aliphatic carbocycles. The highest BCUT2D eigenvalue weighted by Crippen LogP contribution is 2.24. The van der Waals surface area contributed by atoms with Gasteiger partial charge in [-0.3, -0.25) is 9.59 Å². The van der Waals surface area contributed by atoms with Gasteiger partial charge in [-0.1, -0.05) is 29.8 Å². The number of hydrogen-bond donors (Lipinski definition) is 1. The van der Waals surface area contributed by atoms with E-state index in [0.717, 1.165) is 0 Å². The molecule has 0 spiro atoms. The molecule has 0 saturated heterocycles. The van der Waals surface area contributed by atoms with E-state index in [4.69, 9.17) is 16.3 Å². The molecule has 1 amide bonds. The second-order valence-corrected chi connectivity index (χ2v) is 9.56. The van der Waals surface area contributed by atoms with Crippen molar-refractivity contribution in [2.45, 2.75) is 16.3 Å². The van der Waals surface area contributed by atoms with E-state index in [1.165, 1.54) is 36.1 Å². The standard InChI is InChI=1S/C24H19ClN2O5S/c1-32-18-11-12-21-20(13-18)24(29)22(33(30,31)19-5-3-2-4-6-19)14-27(21)15-23(28)26-17-9-7-16(25)8-10-17/h2-14H,15H2,1H3,(H,26,28). The summed E-state index contributed by atoms with van der Waals surface area (Å²) >= 11 is 5.88. The molecule has 0 saturated carbocycles. The average Bonchev–Trinajstić information content (AvgIpc) is 2.82. The van der Waals surface area contributed by atoms with Gasteiger partial charge in [-0.15, -0.1) is 0 Å². The maximum atomic E-state index is 13.3. The van der Waals surface area contributed by atoms with E-state index >= 15 is 0 Å². The van der Waals surface area contributed by atoms with Gasteiger partial charge in [0.05, 0.1) is 22.9 Å². The van der Waals surface area contributed by atoms with E-state index in [1.54, 1.807) is 54.6 Å². The maximum Gasteiger partial charge on any atom is 0.244 e. The number of carbonyl (C=O) groups excluding carboxylic acids is 1. The summed E-state index contributed by atoms with van der Waals surface area (Å²) in [4.78, 5) is 25.5. The normalized spacial score (nSPS) is 11.3. The van der Waals surface area contributed by atoms with Crippen molar-refractivity contribution in [1.29, 1.82) is 0 Å². The number of nitrogens with one attached hydrogen (secondary N) is 1. The number of anilines is 1. The Morgan fingerprint density at radius 2 is 1.73 bits per heavy atom. The second-order valence-electron chi connectivity index (χ2n) is 7.21. The molecule has 168 valence electrons. The molecule has 0 aliphatic heterocycles. The van der Waals surface area contributed by atoms with Gasteiger partial charge in [-0.25, -0.2) is 8.42 Å². The van der Waals surface area contributed by atoms with Crippen LogP contribution in [0.1, 0.15) is 0 Å². The van der Waals surface area contributed by atoms with Crippen LogP contribution in [0.15, 0.2) is 93.6 Å². The first-order chi connectivity index (χ1) is 15.8. The number of carbonyl (C=O) groups is 1. The van der Waals surface area contributed by atoms with Crippen LogP contribution in [0, 0.1) is 0 Å². The Hall–Kier alpha value is -3.62. The first-order valence-electron chi connectivity index (χ1n) is 9.86. The number of hydrogen-bond acceptors (Lipinski definition) is 5. The first kappa shape index (κ1) is 22.6. The molecule has 1 heterocycles. The highest BCUT2D eigenvalue weighted by atomic mass is 35.5. The third-order valence-electron chi connectivity index (χ3n) is 5.04. The summed E-state index contributed by atoms with van der Waals surface area (Å²) < 4.78 is 33.2. The summed E-state index contributed by atoms with van der Waals surface area (Å²) in [5.41, 5.74) is 0.273.